The number of fused-ring (bicyclic) bond motifs is 1. The molecule has 0 atom stereocenters. The Kier molecular flexibility index (Phi) is 5.65. The predicted molar refractivity (Wildman–Crippen MR) is 110 cm³/mol. The summed E-state index contributed by atoms with van der Waals surface area (Å²) in [4.78, 5) is 24.3. The smallest absolute Gasteiger partial charge is 0.251 e. The molecule has 1 aliphatic rings. The van der Waals surface area contributed by atoms with Crippen molar-refractivity contribution in [3.8, 4) is 11.4 Å². The van der Waals surface area contributed by atoms with Gasteiger partial charge in [-0.25, -0.2) is 0 Å². The number of aryl methyl sites for hydroxylation is 1. The van der Waals surface area contributed by atoms with Crippen molar-refractivity contribution in [1.29, 1.82) is 0 Å². The van der Waals surface area contributed by atoms with Crippen LogP contribution in [0.15, 0.2) is 54.6 Å². The second kappa shape index (κ2) is 8.68. The summed E-state index contributed by atoms with van der Waals surface area (Å²) in [6.07, 6.45) is 4.41. The van der Waals surface area contributed by atoms with E-state index in [9.17, 15) is 9.59 Å². The number of carbonyl (C=O) groups excluding carboxylic acids is 2. The van der Waals surface area contributed by atoms with Crippen LogP contribution >= 0.6 is 0 Å². The first-order valence-corrected chi connectivity index (χ1v) is 9.86. The van der Waals surface area contributed by atoms with Crippen LogP contribution in [0.1, 0.15) is 35.4 Å². The molecule has 7 heteroatoms. The van der Waals surface area contributed by atoms with Gasteiger partial charge in [0.2, 0.25) is 5.91 Å². The molecule has 0 bridgehead atoms. The Bertz CT molecular complexity index is 1010. The first-order valence-electron chi connectivity index (χ1n) is 9.86. The number of hydrogen-bond donors (Lipinski definition) is 2. The number of amides is 2. The molecule has 0 unspecified atom stereocenters. The molecule has 0 saturated carbocycles. The summed E-state index contributed by atoms with van der Waals surface area (Å²) < 4.78 is 2.17. The van der Waals surface area contributed by atoms with Gasteiger partial charge in [0.25, 0.3) is 5.91 Å². The van der Waals surface area contributed by atoms with Gasteiger partial charge in [0.1, 0.15) is 5.82 Å². The fraction of sp³-hybridized carbons (Fsp3) is 0.273. The standard InChI is InChI=1S/C22H23N5O2/c28-20(15-23-22(29)16-8-3-1-4-9-16)24-18-11-7-10-17(14-18)21-26-25-19-12-5-2-6-13-27(19)21/h1,3-4,7-11,14H,2,5-6,12-13,15H2,(H,23,29)(H,24,28). The number of aromatic nitrogens is 3. The van der Waals surface area contributed by atoms with E-state index in [4.69, 9.17) is 0 Å². The highest BCUT2D eigenvalue weighted by atomic mass is 16.2. The van der Waals surface area contributed by atoms with E-state index in [2.05, 4.69) is 25.4 Å². The van der Waals surface area contributed by atoms with Crippen molar-refractivity contribution in [2.45, 2.75) is 32.2 Å². The number of nitrogens with zero attached hydrogens (tertiary/aromatic N) is 3. The third-order valence-corrected chi connectivity index (χ3v) is 4.96. The molecular weight excluding hydrogens is 366 g/mol. The molecule has 2 amide bonds. The van der Waals surface area contributed by atoms with Crippen LogP contribution in [0.25, 0.3) is 11.4 Å². The number of carbonyl (C=O) groups is 2. The third-order valence-electron chi connectivity index (χ3n) is 4.96. The monoisotopic (exact) mass is 389 g/mol. The summed E-state index contributed by atoms with van der Waals surface area (Å²) in [7, 11) is 0. The summed E-state index contributed by atoms with van der Waals surface area (Å²) in [6, 6.07) is 16.4. The average Bonchev–Trinajstić information content (AvgIpc) is 3.01. The van der Waals surface area contributed by atoms with Gasteiger partial charge in [-0.15, -0.1) is 10.2 Å². The maximum atomic E-state index is 12.3. The van der Waals surface area contributed by atoms with Crippen LogP contribution in [0.3, 0.4) is 0 Å². The normalized spacial score (nSPS) is 13.2. The summed E-state index contributed by atoms with van der Waals surface area (Å²) in [6.45, 7) is 0.818. The molecule has 3 aromatic rings. The summed E-state index contributed by atoms with van der Waals surface area (Å²) >= 11 is 0. The molecule has 4 rings (SSSR count). The Balaban J connectivity index is 1.41. The van der Waals surface area contributed by atoms with Gasteiger partial charge in [-0.2, -0.15) is 0 Å². The summed E-state index contributed by atoms with van der Waals surface area (Å²) in [5, 5.41) is 14.2. The van der Waals surface area contributed by atoms with Crippen LogP contribution in [0.5, 0.6) is 0 Å². The highest BCUT2D eigenvalue weighted by molar-refractivity contribution is 5.99. The van der Waals surface area contributed by atoms with Crippen molar-refractivity contribution in [1.82, 2.24) is 20.1 Å². The minimum atomic E-state index is -0.286. The van der Waals surface area contributed by atoms with E-state index >= 15 is 0 Å². The van der Waals surface area contributed by atoms with Crippen LogP contribution in [0, 0.1) is 0 Å². The Hall–Kier alpha value is -3.48. The molecule has 1 aliphatic heterocycles. The van der Waals surface area contributed by atoms with Gasteiger partial charge in [-0.05, 0) is 37.1 Å². The van der Waals surface area contributed by atoms with Crippen LogP contribution in [-0.4, -0.2) is 33.1 Å². The van der Waals surface area contributed by atoms with Crippen molar-refractivity contribution in [2.75, 3.05) is 11.9 Å². The zero-order valence-electron chi connectivity index (χ0n) is 16.1. The summed E-state index contributed by atoms with van der Waals surface area (Å²) in [5.41, 5.74) is 2.10. The summed E-state index contributed by atoms with van der Waals surface area (Å²) in [5.74, 6) is 1.29. The van der Waals surface area contributed by atoms with Crippen molar-refractivity contribution < 1.29 is 9.59 Å². The second-order valence-electron chi connectivity index (χ2n) is 7.08. The Labute approximate surface area is 169 Å². The zero-order chi connectivity index (χ0) is 20.1. The van der Waals surface area contributed by atoms with Gasteiger partial charge in [-0.1, -0.05) is 36.8 Å². The molecule has 0 spiro atoms. The van der Waals surface area contributed by atoms with E-state index in [1.54, 1.807) is 24.3 Å². The molecule has 148 valence electrons. The second-order valence-corrected chi connectivity index (χ2v) is 7.08. The Morgan fingerprint density at radius 2 is 1.83 bits per heavy atom. The number of hydrogen-bond acceptors (Lipinski definition) is 4. The van der Waals surface area contributed by atoms with E-state index in [1.807, 2.05) is 30.3 Å². The minimum absolute atomic E-state index is 0.0989. The lowest BCUT2D eigenvalue weighted by Gasteiger charge is -2.10. The molecule has 2 aromatic carbocycles. The van der Waals surface area contributed by atoms with Crippen molar-refractivity contribution in [3.63, 3.8) is 0 Å². The lowest BCUT2D eigenvalue weighted by molar-refractivity contribution is -0.115. The molecule has 0 aliphatic carbocycles. The lowest BCUT2D eigenvalue weighted by Crippen LogP contribution is -2.32. The fourth-order valence-electron chi connectivity index (χ4n) is 3.49. The van der Waals surface area contributed by atoms with Crippen molar-refractivity contribution in [2.24, 2.45) is 0 Å². The minimum Gasteiger partial charge on any atom is -0.343 e. The van der Waals surface area contributed by atoms with E-state index < -0.39 is 0 Å². The van der Waals surface area contributed by atoms with Crippen molar-refractivity contribution in [3.05, 3.63) is 66.0 Å². The first kappa shape index (κ1) is 18.9. The molecule has 0 radical (unpaired) electrons. The van der Waals surface area contributed by atoms with E-state index in [0.717, 1.165) is 43.0 Å². The molecule has 29 heavy (non-hydrogen) atoms. The highest BCUT2D eigenvalue weighted by Gasteiger charge is 2.16. The van der Waals surface area contributed by atoms with E-state index in [0.29, 0.717) is 11.3 Å². The lowest BCUT2D eigenvalue weighted by atomic mass is 10.2. The maximum Gasteiger partial charge on any atom is 0.251 e. The molecule has 2 heterocycles. The SMILES string of the molecule is O=C(CNC(=O)c1ccccc1)Nc1cccc(-c2nnc3n2CCCCC3)c1. The molecular formula is C22H23N5O2. The third kappa shape index (κ3) is 4.51. The van der Waals surface area contributed by atoms with E-state index in [1.165, 1.54) is 6.42 Å². The maximum absolute atomic E-state index is 12.3. The van der Waals surface area contributed by atoms with Crippen LogP contribution in [-0.2, 0) is 17.8 Å². The van der Waals surface area contributed by atoms with Crippen LogP contribution in [0.4, 0.5) is 5.69 Å². The molecule has 2 N–H and O–H groups in total. The zero-order valence-corrected chi connectivity index (χ0v) is 16.1. The molecule has 0 saturated heterocycles. The quantitative estimate of drug-likeness (QED) is 0.702. The van der Waals surface area contributed by atoms with Gasteiger partial charge >= 0.3 is 0 Å². The van der Waals surface area contributed by atoms with Gasteiger partial charge in [0.05, 0.1) is 6.54 Å². The number of nitrogens with one attached hydrogen (secondary N) is 2. The predicted octanol–water partition coefficient (Wildman–Crippen LogP) is 3.04. The average molecular weight is 389 g/mol. The van der Waals surface area contributed by atoms with Gasteiger partial charge < -0.3 is 15.2 Å². The Morgan fingerprint density at radius 3 is 2.69 bits per heavy atom. The topological polar surface area (TPSA) is 88.9 Å². The van der Waals surface area contributed by atoms with Crippen LogP contribution < -0.4 is 10.6 Å². The first-order chi connectivity index (χ1) is 14.2. The van der Waals surface area contributed by atoms with Crippen molar-refractivity contribution >= 4 is 17.5 Å². The Morgan fingerprint density at radius 1 is 0.966 bits per heavy atom. The fourth-order valence-corrected chi connectivity index (χ4v) is 3.49. The molecule has 1 aromatic heterocycles. The molecule has 7 nitrogen and oxygen atoms in total. The van der Waals surface area contributed by atoms with Gasteiger partial charge in [-0.3, -0.25) is 9.59 Å². The van der Waals surface area contributed by atoms with Gasteiger partial charge in [0.15, 0.2) is 5.82 Å². The van der Waals surface area contributed by atoms with E-state index in [-0.39, 0.29) is 18.4 Å². The highest BCUT2D eigenvalue weighted by Crippen LogP contribution is 2.24. The van der Waals surface area contributed by atoms with Crippen LogP contribution in [0.2, 0.25) is 0 Å². The number of benzene rings is 2. The molecule has 0 fully saturated rings. The number of rotatable bonds is 5. The number of anilines is 1. The van der Waals surface area contributed by atoms with Gasteiger partial charge in [0, 0.05) is 29.8 Å². The largest absolute Gasteiger partial charge is 0.343 e.